The molecule has 0 saturated heterocycles. The van der Waals surface area contributed by atoms with Crippen molar-refractivity contribution in [1.29, 1.82) is 0 Å². The van der Waals surface area contributed by atoms with E-state index in [1.807, 2.05) is 0 Å². The van der Waals surface area contributed by atoms with Crippen molar-refractivity contribution in [3.63, 3.8) is 0 Å². The van der Waals surface area contributed by atoms with Gasteiger partial charge in [-0.2, -0.15) is 0 Å². The van der Waals surface area contributed by atoms with Gasteiger partial charge in [0.05, 0.1) is 19.2 Å². The molecule has 0 aliphatic rings. The molecule has 2 aromatic carbocycles. The van der Waals surface area contributed by atoms with Crippen LogP contribution in [0.4, 0.5) is 4.39 Å². The van der Waals surface area contributed by atoms with Crippen molar-refractivity contribution >= 4 is 29.1 Å². The van der Waals surface area contributed by atoms with Crippen molar-refractivity contribution in [2.75, 3.05) is 21.3 Å². The quantitative estimate of drug-likeness (QED) is 0.780. The van der Waals surface area contributed by atoms with Gasteiger partial charge in [-0.1, -0.05) is 29.3 Å². The molecule has 4 nitrogen and oxygen atoms in total. The number of hydrogen-bond donors (Lipinski definition) is 0. The zero-order valence-corrected chi connectivity index (χ0v) is 14.9. The number of methoxy groups -OCH3 is 2. The van der Waals surface area contributed by atoms with Crippen molar-refractivity contribution in [3.05, 3.63) is 57.3 Å². The second-order valence-electron chi connectivity index (χ2n) is 5.06. The van der Waals surface area contributed by atoms with E-state index in [1.54, 1.807) is 13.1 Å². The average Bonchev–Trinajstić information content (AvgIpc) is 2.56. The summed E-state index contributed by atoms with van der Waals surface area (Å²) < 4.78 is 24.2. The van der Waals surface area contributed by atoms with Crippen LogP contribution in [0.1, 0.15) is 15.9 Å². The summed E-state index contributed by atoms with van der Waals surface area (Å²) in [4.78, 5) is 13.9. The third kappa shape index (κ3) is 3.74. The summed E-state index contributed by atoms with van der Waals surface area (Å²) in [5, 5.41) is 0.512. The average molecular weight is 372 g/mol. The Morgan fingerprint density at radius 1 is 1.17 bits per heavy atom. The van der Waals surface area contributed by atoms with Gasteiger partial charge in [0.15, 0.2) is 11.5 Å². The predicted octanol–water partition coefficient (Wildman–Crippen LogP) is 4.42. The Labute approximate surface area is 149 Å². The van der Waals surface area contributed by atoms with Gasteiger partial charge in [-0.25, -0.2) is 4.39 Å². The minimum Gasteiger partial charge on any atom is -0.493 e. The summed E-state index contributed by atoms with van der Waals surface area (Å²) in [5.74, 6) is -0.133. The van der Waals surface area contributed by atoms with Gasteiger partial charge in [-0.05, 0) is 24.3 Å². The molecule has 0 unspecified atom stereocenters. The van der Waals surface area contributed by atoms with Gasteiger partial charge < -0.3 is 14.4 Å². The van der Waals surface area contributed by atoms with Crippen LogP contribution in [0.3, 0.4) is 0 Å². The lowest BCUT2D eigenvalue weighted by atomic mass is 10.1. The molecule has 2 aromatic rings. The van der Waals surface area contributed by atoms with E-state index in [9.17, 15) is 9.18 Å². The normalized spacial score (nSPS) is 10.4. The summed E-state index contributed by atoms with van der Waals surface area (Å²) in [6.45, 7) is 0.0241. The smallest absolute Gasteiger partial charge is 0.254 e. The van der Waals surface area contributed by atoms with Crippen molar-refractivity contribution in [2.45, 2.75) is 6.54 Å². The lowest BCUT2D eigenvalue weighted by Gasteiger charge is -2.19. The SMILES string of the molecule is COc1cc(C(=O)N(C)Cc2c(F)cccc2Cl)cc(Cl)c1OC. The van der Waals surface area contributed by atoms with E-state index in [4.69, 9.17) is 32.7 Å². The standard InChI is InChI=1S/C17H16Cl2FNO3/c1-21(9-11-12(18)5-4-6-14(11)20)17(22)10-7-13(19)16(24-3)15(8-10)23-2/h4-8H,9H2,1-3H3. The van der Waals surface area contributed by atoms with Crippen LogP contribution < -0.4 is 9.47 Å². The fraction of sp³-hybridized carbons (Fsp3) is 0.235. The first kappa shape index (κ1) is 18.4. The fourth-order valence-electron chi connectivity index (χ4n) is 2.25. The van der Waals surface area contributed by atoms with Gasteiger partial charge in [0.25, 0.3) is 5.91 Å². The first-order valence-corrected chi connectivity index (χ1v) is 7.74. The maximum absolute atomic E-state index is 13.9. The number of halogens is 3. The molecule has 128 valence electrons. The maximum Gasteiger partial charge on any atom is 0.254 e. The summed E-state index contributed by atoms with van der Waals surface area (Å²) in [5.41, 5.74) is 0.550. The van der Waals surface area contributed by atoms with E-state index < -0.39 is 5.82 Å². The van der Waals surface area contributed by atoms with Gasteiger partial charge in [-0.15, -0.1) is 0 Å². The van der Waals surface area contributed by atoms with E-state index in [2.05, 4.69) is 0 Å². The molecule has 0 fully saturated rings. The highest BCUT2D eigenvalue weighted by Crippen LogP contribution is 2.36. The Kier molecular flexibility index (Phi) is 5.91. The molecular weight excluding hydrogens is 356 g/mol. The largest absolute Gasteiger partial charge is 0.493 e. The molecule has 24 heavy (non-hydrogen) atoms. The molecule has 2 rings (SSSR count). The van der Waals surface area contributed by atoms with Crippen molar-refractivity contribution in [3.8, 4) is 11.5 Å². The highest BCUT2D eigenvalue weighted by Gasteiger charge is 2.19. The highest BCUT2D eigenvalue weighted by atomic mass is 35.5. The van der Waals surface area contributed by atoms with Crippen molar-refractivity contribution in [2.24, 2.45) is 0 Å². The summed E-state index contributed by atoms with van der Waals surface area (Å²) in [7, 11) is 4.46. The molecule has 0 aromatic heterocycles. The molecule has 0 atom stereocenters. The maximum atomic E-state index is 13.9. The van der Waals surface area contributed by atoms with Crippen LogP contribution in [-0.4, -0.2) is 32.1 Å². The summed E-state index contributed by atoms with van der Waals surface area (Å²) in [6.07, 6.45) is 0. The van der Waals surface area contributed by atoms with Gasteiger partial charge in [0.2, 0.25) is 0 Å². The minimum atomic E-state index is -0.465. The third-order valence-corrected chi connectivity index (χ3v) is 4.12. The Balaban J connectivity index is 2.30. The van der Waals surface area contributed by atoms with E-state index in [1.165, 1.54) is 43.4 Å². The molecule has 0 spiro atoms. The monoisotopic (exact) mass is 371 g/mol. The third-order valence-electron chi connectivity index (χ3n) is 3.48. The number of amides is 1. The number of nitrogens with zero attached hydrogens (tertiary/aromatic N) is 1. The molecule has 0 aliphatic carbocycles. The number of carbonyl (C=O) groups excluding carboxylic acids is 1. The van der Waals surface area contributed by atoms with Crippen molar-refractivity contribution in [1.82, 2.24) is 4.90 Å². The van der Waals surface area contributed by atoms with E-state index >= 15 is 0 Å². The molecule has 7 heteroatoms. The number of carbonyl (C=O) groups is 1. The van der Waals surface area contributed by atoms with Gasteiger partial charge in [-0.3, -0.25) is 4.79 Å². The molecule has 0 saturated carbocycles. The molecule has 0 aliphatic heterocycles. The van der Waals surface area contributed by atoms with E-state index in [0.29, 0.717) is 17.1 Å². The molecular formula is C17H16Cl2FNO3. The Morgan fingerprint density at radius 2 is 1.88 bits per heavy atom. The number of rotatable bonds is 5. The first-order chi connectivity index (χ1) is 11.4. The number of benzene rings is 2. The summed E-state index contributed by atoms with van der Waals surface area (Å²) >= 11 is 12.1. The van der Waals surface area contributed by atoms with Crippen LogP contribution in [0.15, 0.2) is 30.3 Å². The Morgan fingerprint density at radius 3 is 2.46 bits per heavy atom. The topological polar surface area (TPSA) is 38.8 Å². The molecule has 0 bridgehead atoms. The summed E-state index contributed by atoms with van der Waals surface area (Å²) in [6, 6.07) is 7.38. The molecule has 0 heterocycles. The van der Waals surface area contributed by atoms with E-state index in [0.717, 1.165) is 0 Å². The number of ether oxygens (including phenoxy) is 2. The minimum absolute atomic E-state index is 0.0241. The second-order valence-corrected chi connectivity index (χ2v) is 5.87. The Bertz CT molecular complexity index is 747. The zero-order valence-electron chi connectivity index (χ0n) is 13.4. The van der Waals surface area contributed by atoms with Gasteiger partial charge in [0.1, 0.15) is 5.82 Å². The zero-order chi connectivity index (χ0) is 17.9. The van der Waals surface area contributed by atoms with Crippen LogP contribution in [0, 0.1) is 5.82 Å². The highest BCUT2D eigenvalue weighted by molar-refractivity contribution is 6.32. The van der Waals surface area contributed by atoms with Crippen LogP contribution in [0.5, 0.6) is 11.5 Å². The lowest BCUT2D eigenvalue weighted by Crippen LogP contribution is -2.27. The predicted molar refractivity (Wildman–Crippen MR) is 91.8 cm³/mol. The number of hydrogen-bond acceptors (Lipinski definition) is 3. The molecule has 1 amide bonds. The van der Waals surface area contributed by atoms with E-state index in [-0.39, 0.29) is 28.1 Å². The van der Waals surface area contributed by atoms with Gasteiger partial charge >= 0.3 is 0 Å². The van der Waals surface area contributed by atoms with Crippen molar-refractivity contribution < 1.29 is 18.7 Å². The second kappa shape index (κ2) is 7.73. The van der Waals surface area contributed by atoms with Crippen LogP contribution in [-0.2, 0) is 6.54 Å². The van der Waals surface area contributed by atoms with Crippen LogP contribution >= 0.6 is 23.2 Å². The molecule has 0 radical (unpaired) electrons. The fourth-order valence-corrected chi connectivity index (χ4v) is 2.76. The van der Waals surface area contributed by atoms with Crippen LogP contribution in [0.2, 0.25) is 10.0 Å². The van der Waals surface area contributed by atoms with Crippen LogP contribution in [0.25, 0.3) is 0 Å². The first-order valence-electron chi connectivity index (χ1n) is 6.99. The van der Waals surface area contributed by atoms with Gasteiger partial charge in [0, 0.05) is 29.7 Å². The Hall–Kier alpha value is -1.98. The lowest BCUT2D eigenvalue weighted by molar-refractivity contribution is 0.0783. The molecule has 0 N–H and O–H groups in total.